The predicted molar refractivity (Wildman–Crippen MR) is 168 cm³/mol. The number of nitrogens with one attached hydrogen (secondary N) is 1. The van der Waals surface area contributed by atoms with Crippen LogP contribution in [0.15, 0.2) is 46.5 Å². The maximum atomic E-state index is 13.9. The number of carbonyl (C=O) groups is 1. The second kappa shape index (κ2) is 11.7. The number of hydrogen-bond donors (Lipinski definition) is 3. The van der Waals surface area contributed by atoms with Gasteiger partial charge in [-0.3, -0.25) is 9.79 Å². The lowest BCUT2D eigenvalue weighted by Gasteiger charge is -2.54. The van der Waals surface area contributed by atoms with Crippen molar-refractivity contribution < 1.29 is 9.90 Å². The third kappa shape index (κ3) is 4.86. The first kappa shape index (κ1) is 28.7. The number of guanidine groups is 1. The molecule has 6 atom stereocenters. The molecule has 2 heterocycles. The molecule has 2 saturated carbocycles. The zero-order valence-corrected chi connectivity index (χ0v) is 25.8. The van der Waals surface area contributed by atoms with Gasteiger partial charge in [-0.2, -0.15) is 0 Å². The zero-order valence-electron chi connectivity index (χ0n) is 24.1. The van der Waals surface area contributed by atoms with E-state index in [9.17, 15) is 9.90 Å². The number of nitrogens with zero attached hydrogens (tertiary/aromatic N) is 1. The number of allylic oxidation sites excluding steroid dienone is 2. The number of aliphatic hydroxyl groups excluding tert-OH is 1. The van der Waals surface area contributed by atoms with Gasteiger partial charge in [-0.15, -0.1) is 0 Å². The monoisotopic (exact) mass is 581 g/mol. The number of nitrogens with two attached hydrogens (primary N) is 1. The summed E-state index contributed by atoms with van der Waals surface area (Å²) in [5, 5.41) is 13.2. The van der Waals surface area contributed by atoms with E-state index in [-0.39, 0.29) is 23.0 Å². The standard InChI is InChI=1S/C33H47N3O2S2/c1-31-15-17-39-40-22-32(26(21-35-30(34)36-32)18-23-8-3-2-4-9-23)14-7-11-27-28-19-25(31)13-12-24(10-5-6-16-37)33(28,31)20-29(27)38/h2-4,8-9,24-26,37H,5-7,10-22H2,1H3,(H3,34,35,36). The highest BCUT2D eigenvalue weighted by molar-refractivity contribution is 8.76. The van der Waals surface area contributed by atoms with Crippen LogP contribution in [0.25, 0.3) is 0 Å². The summed E-state index contributed by atoms with van der Waals surface area (Å²) in [6, 6.07) is 10.8. The van der Waals surface area contributed by atoms with Crippen molar-refractivity contribution in [1.82, 2.24) is 5.32 Å². The van der Waals surface area contributed by atoms with Crippen molar-refractivity contribution >= 4 is 33.3 Å². The van der Waals surface area contributed by atoms with Gasteiger partial charge in [-0.1, -0.05) is 70.8 Å². The fourth-order valence-electron chi connectivity index (χ4n) is 9.60. The van der Waals surface area contributed by atoms with Crippen molar-refractivity contribution in [2.45, 2.75) is 89.5 Å². The lowest BCUT2D eigenvalue weighted by atomic mass is 9.50. The average molecular weight is 582 g/mol. The summed E-state index contributed by atoms with van der Waals surface area (Å²) in [6.07, 6.45) is 12.6. The molecule has 5 aliphatic rings. The van der Waals surface area contributed by atoms with E-state index in [1.165, 1.54) is 30.4 Å². The summed E-state index contributed by atoms with van der Waals surface area (Å²) in [5.74, 6) is 4.81. The molecule has 0 amide bonds. The van der Waals surface area contributed by atoms with Gasteiger partial charge in [0, 0.05) is 42.4 Å². The van der Waals surface area contributed by atoms with Crippen LogP contribution in [0.4, 0.5) is 0 Å². The highest BCUT2D eigenvalue weighted by Crippen LogP contribution is 2.74. The summed E-state index contributed by atoms with van der Waals surface area (Å²) in [7, 11) is 4.06. The van der Waals surface area contributed by atoms with Crippen LogP contribution >= 0.6 is 21.6 Å². The topological polar surface area (TPSA) is 87.7 Å². The number of hydrogen-bond acceptors (Lipinski definition) is 7. The number of Topliss-reactive ketones (excluding diaryl/α,β-unsaturated/α-hetero) is 1. The van der Waals surface area contributed by atoms with Gasteiger partial charge in [0.15, 0.2) is 11.7 Å². The van der Waals surface area contributed by atoms with Gasteiger partial charge in [-0.25, -0.2) is 0 Å². The zero-order chi connectivity index (χ0) is 27.8. The fourth-order valence-corrected chi connectivity index (χ4v) is 12.5. The largest absolute Gasteiger partial charge is 0.396 e. The molecule has 2 spiro atoms. The summed E-state index contributed by atoms with van der Waals surface area (Å²) < 4.78 is 0. The lowest BCUT2D eigenvalue weighted by molar-refractivity contribution is -0.121. The molecule has 0 saturated heterocycles. The number of aliphatic hydroxyl groups is 1. The van der Waals surface area contributed by atoms with Gasteiger partial charge in [0.05, 0.1) is 5.54 Å². The number of carbonyl (C=O) groups excluding carboxylic acids is 1. The summed E-state index contributed by atoms with van der Waals surface area (Å²) in [6.45, 7) is 3.59. The van der Waals surface area contributed by atoms with Crippen molar-refractivity contribution in [3.05, 3.63) is 47.0 Å². The Hall–Kier alpha value is -1.44. The molecule has 40 heavy (non-hydrogen) atoms. The Morgan fingerprint density at radius 1 is 1.12 bits per heavy atom. The van der Waals surface area contributed by atoms with E-state index in [4.69, 9.17) is 5.73 Å². The van der Waals surface area contributed by atoms with Gasteiger partial charge >= 0.3 is 0 Å². The molecule has 2 aliphatic heterocycles. The molecule has 5 bridgehead atoms. The van der Waals surface area contributed by atoms with Crippen LogP contribution in [0.5, 0.6) is 0 Å². The smallest absolute Gasteiger partial charge is 0.189 e. The third-order valence-corrected chi connectivity index (χ3v) is 14.2. The van der Waals surface area contributed by atoms with Crippen LogP contribution in [0.1, 0.15) is 83.1 Å². The lowest BCUT2D eigenvalue weighted by Crippen LogP contribution is -2.61. The van der Waals surface area contributed by atoms with E-state index in [2.05, 4.69) is 47.6 Å². The molecule has 7 heteroatoms. The predicted octanol–water partition coefficient (Wildman–Crippen LogP) is 6.31. The molecule has 6 unspecified atom stereocenters. The van der Waals surface area contributed by atoms with E-state index in [0.29, 0.717) is 29.5 Å². The van der Waals surface area contributed by atoms with Gasteiger partial charge in [0.2, 0.25) is 0 Å². The molecule has 0 aromatic heterocycles. The van der Waals surface area contributed by atoms with Crippen LogP contribution in [-0.4, -0.2) is 47.0 Å². The minimum absolute atomic E-state index is 0.0603. The van der Waals surface area contributed by atoms with E-state index >= 15 is 0 Å². The summed E-state index contributed by atoms with van der Waals surface area (Å²) >= 11 is 0. The van der Waals surface area contributed by atoms with Crippen LogP contribution in [0.3, 0.4) is 0 Å². The van der Waals surface area contributed by atoms with E-state index < -0.39 is 0 Å². The van der Waals surface area contributed by atoms with Crippen molar-refractivity contribution in [2.75, 3.05) is 24.7 Å². The number of ketones is 1. The molecule has 2 fully saturated rings. The molecule has 6 rings (SSSR count). The third-order valence-electron chi connectivity index (χ3n) is 11.7. The first-order chi connectivity index (χ1) is 19.4. The molecule has 1 aromatic rings. The van der Waals surface area contributed by atoms with E-state index in [0.717, 1.165) is 75.8 Å². The Labute approximate surface area is 248 Å². The second-order valence-electron chi connectivity index (χ2n) is 13.4. The minimum Gasteiger partial charge on any atom is -0.396 e. The van der Waals surface area contributed by atoms with Crippen LogP contribution in [-0.2, 0) is 11.2 Å². The highest BCUT2D eigenvalue weighted by Gasteiger charge is 2.67. The average Bonchev–Trinajstić information content (AvgIpc) is 3.27. The first-order valence-corrected chi connectivity index (χ1v) is 18.1. The van der Waals surface area contributed by atoms with Crippen molar-refractivity contribution in [2.24, 2.45) is 39.3 Å². The van der Waals surface area contributed by atoms with Gasteiger partial charge in [0.1, 0.15) is 0 Å². The molecule has 5 nitrogen and oxygen atoms in total. The highest BCUT2D eigenvalue weighted by atomic mass is 33.1. The number of aliphatic imine (C=N–C) groups is 1. The summed E-state index contributed by atoms with van der Waals surface area (Å²) in [5.41, 5.74) is 10.6. The van der Waals surface area contributed by atoms with Crippen LogP contribution < -0.4 is 11.1 Å². The minimum atomic E-state index is -0.121. The second-order valence-corrected chi connectivity index (χ2v) is 16.0. The fraction of sp³-hybridized carbons (Fsp3) is 0.697. The van der Waals surface area contributed by atoms with E-state index in [1.807, 2.05) is 21.6 Å². The molecule has 0 radical (unpaired) electrons. The first-order valence-electron chi connectivity index (χ1n) is 15.6. The van der Waals surface area contributed by atoms with Gasteiger partial charge in [-0.05, 0) is 92.6 Å². The van der Waals surface area contributed by atoms with Crippen molar-refractivity contribution in [3.8, 4) is 0 Å². The Bertz CT molecular complexity index is 1160. The number of benzene rings is 1. The molecule has 1 aromatic carbocycles. The van der Waals surface area contributed by atoms with Crippen molar-refractivity contribution in [1.29, 1.82) is 0 Å². The normalized spacial score (nSPS) is 37.9. The van der Waals surface area contributed by atoms with Gasteiger partial charge < -0.3 is 16.2 Å². The maximum absolute atomic E-state index is 13.9. The van der Waals surface area contributed by atoms with Crippen molar-refractivity contribution in [3.63, 3.8) is 0 Å². The SMILES string of the molecule is CC12CCSSCC3(CCCC4=C5CC1CCC(CCCCO)C52CC4=O)NC(N)=NCC3Cc1ccccc1. The van der Waals surface area contributed by atoms with Crippen LogP contribution in [0.2, 0.25) is 0 Å². The molecule has 218 valence electrons. The molecule has 4 N–H and O–H groups in total. The summed E-state index contributed by atoms with van der Waals surface area (Å²) in [4.78, 5) is 18.5. The van der Waals surface area contributed by atoms with Crippen LogP contribution in [0, 0.1) is 28.6 Å². The molecular weight excluding hydrogens is 535 g/mol. The Balaban J connectivity index is 1.31. The van der Waals surface area contributed by atoms with Gasteiger partial charge in [0.25, 0.3) is 0 Å². The van der Waals surface area contributed by atoms with E-state index in [1.54, 1.807) is 5.57 Å². The Kier molecular flexibility index (Phi) is 8.37. The Morgan fingerprint density at radius 2 is 1.98 bits per heavy atom. The maximum Gasteiger partial charge on any atom is 0.189 e. The molecule has 3 aliphatic carbocycles. The molecular formula is C33H47N3O2S2. The number of unbranched alkanes of at least 4 members (excludes halogenated alkanes) is 1. The Morgan fingerprint density at radius 3 is 2.80 bits per heavy atom. The number of rotatable bonds is 6. The quantitative estimate of drug-likeness (QED) is 0.270.